The van der Waals surface area contributed by atoms with Gasteiger partial charge >= 0.3 is 0 Å². The van der Waals surface area contributed by atoms with Gasteiger partial charge in [0.25, 0.3) is 0 Å². The lowest BCUT2D eigenvalue weighted by Gasteiger charge is -2.29. The highest BCUT2D eigenvalue weighted by Crippen LogP contribution is 2.56. The van der Waals surface area contributed by atoms with Gasteiger partial charge in [0.1, 0.15) is 0 Å². The van der Waals surface area contributed by atoms with Crippen molar-refractivity contribution < 1.29 is 5.11 Å². The molecule has 0 heterocycles. The molecule has 1 heteroatoms. The molecule has 2 rings (SSSR count). The summed E-state index contributed by atoms with van der Waals surface area (Å²) in [6.07, 6.45) is 3.60. The fourth-order valence-electron chi connectivity index (χ4n) is 2.94. The third-order valence-corrected chi connectivity index (χ3v) is 3.65. The van der Waals surface area contributed by atoms with Gasteiger partial charge in [-0.15, -0.1) is 0 Å². The molecule has 2 fully saturated rings. The fourth-order valence-corrected chi connectivity index (χ4v) is 2.94. The lowest BCUT2D eigenvalue weighted by molar-refractivity contribution is 0.0406. The Bertz CT molecular complexity index is 151. The van der Waals surface area contributed by atoms with Gasteiger partial charge in [0.15, 0.2) is 0 Å². The van der Waals surface area contributed by atoms with E-state index in [2.05, 4.69) is 13.8 Å². The quantitative estimate of drug-likeness (QED) is 0.544. The van der Waals surface area contributed by atoms with Crippen molar-refractivity contribution in [3.63, 3.8) is 0 Å². The van der Waals surface area contributed by atoms with Crippen LogP contribution in [0.15, 0.2) is 0 Å². The maximum Gasteiger partial charge on any atom is 0.0596 e. The molecule has 3 unspecified atom stereocenters. The van der Waals surface area contributed by atoms with Gasteiger partial charge in [0, 0.05) is 0 Å². The van der Waals surface area contributed by atoms with Crippen molar-refractivity contribution >= 4 is 0 Å². The maximum atomic E-state index is 9.60. The highest BCUT2D eigenvalue weighted by molar-refractivity contribution is 5.01. The van der Waals surface area contributed by atoms with Gasteiger partial charge < -0.3 is 5.11 Å². The summed E-state index contributed by atoms with van der Waals surface area (Å²) in [4.78, 5) is 0. The number of hydrogen-bond donors (Lipinski definition) is 1. The van der Waals surface area contributed by atoms with Crippen molar-refractivity contribution in [3.8, 4) is 0 Å². The van der Waals surface area contributed by atoms with Crippen LogP contribution >= 0.6 is 0 Å². The minimum absolute atomic E-state index is 0.00806. The Labute approximate surface area is 62.4 Å². The van der Waals surface area contributed by atoms with Gasteiger partial charge in [-0.2, -0.15) is 0 Å². The Balaban J connectivity index is 2.21. The second-order valence-corrected chi connectivity index (χ2v) is 4.55. The largest absolute Gasteiger partial charge is 0.393 e. The average Bonchev–Trinajstić information content (AvgIpc) is 2.20. The molecule has 0 radical (unpaired) electrons. The SMILES string of the molecule is C[C@@H]1CC2(C)CC1CC2O. The smallest absolute Gasteiger partial charge is 0.0596 e. The molecule has 2 aliphatic rings. The fraction of sp³-hybridized carbons (Fsp3) is 1.00. The van der Waals surface area contributed by atoms with Crippen LogP contribution in [0.2, 0.25) is 0 Å². The van der Waals surface area contributed by atoms with Crippen LogP contribution < -0.4 is 0 Å². The Hall–Kier alpha value is -0.0400. The molecular formula is C9H16O. The van der Waals surface area contributed by atoms with Crippen LogP contribution in [-0.4, -0.2) is 11.2 Å². The maximum absolute atomic E-state index is 9.60. The summed E-state index contributed by atoms with van der Waals surface area (Å²) < 4.78 is 0. The molecule has 0 aromatic rings. The molecule has 10 heavy (non-hydrogen) atoms. The van der Waals surface area contributed by atoms with Crippen LogP contribution in [0.1, 0.15) is 33.1 Å². The van der Waals surface area contributed by atoms with Crippen LogP contribution in [0.4, 0.5) is 0 Å². The van der Waals surface area contributed by atoms with E-state index in [0.29, 0.717) is 5.41 Å². The second-order valence-electron chi connectivity index (χ2n) is 4.55. The van der Waals surface area contributed by atoms with Gasteiger partial charge in [-0.25, -0.2) is 0 Å². The van der Waals surface area contributed by atoms with Gasteiger partial charge in [-0.05, 0) is 36.5 Å². The van der Waals surface area contributed by atoms with E-state index < -0.39 is 0 Å². The predicted molar refractivity (Wildman–Crippen MR) is 40.6 cm³/mol. The zero-order chi connectivity index (χ0) is 7.35. The van der Waals surface area contributed by atoms with Crippen LogP contribution in [0.3, 0.4) is 0 Å². The van der Waals surface area contributed by atoms with E-state index in [1.165, 1.54) is 12.8 Å². The normalized spacial score (nSPS) is 59.7. The van der Waals surface area contributed by atoms with Crippen molar-refractivity contribution in [1.29, 1.82) is 0 Å². The minimum atomic E-state index is 0.00806. The molecule has 1 N–H and O–H groups in total. The third-order valence-electron chi connectivity index (χ3n) is 3.65. The van der Waals surface area contributed by atoms with Crippen LogP contribution in [-0.2, 0) is 0 Å². The summed E-state index contributed by atoms with van der Waals surface area (Å²) in [6, 6.07) is 0. The molecule has 1 nitrogen and oxygen atoms in total. The molecule has 2 saturated carbocycles. The minimum Gasteiger partial charge on any atom is -0.393 e. The molecule has 2 bridgehead atoms. The van der Waals surface area contributed by atoms with E-state index in [4.69, 9.17) is 0 Å². The zero-order valence-electron chi connectivity index (χ0n) is 6.80. The lowest BCUT2D eigenvalue weighted by atomic mass is 9.80. The highest BCUT2D eigenvalue weighted by Gasteiger charge is 2.51. The Kier molecular flexibility index (Phi) is 1.17. The molecule has 0 spiro atoms. The standard InChI is InChI=1S/C9H16O/c1-6-4-9(2)5-7(6)3-8(9)10/h6-8,10H,3-5H2,1-2H3/t6-,7?,8?,9?/m1/s1. The first-order valence-electron chi connectivity index (χ1n) is 4.30. The van der Waals surface area contributed by atoms with Crippen LogP contribution in [0, 0.1) is 17.3 Å². The van der Waals surface area contributed by atoms with Crippen molar-refractivity contribution in [1.82, 2.24) is 0 Å². The summed E-state index contributed by atoms with van der Waals surface area (Å²) in [5.74, 6) is 1.70. The molecule has 2 aliphatic carbocycles. The summed E-state index contributed by atoms with van der Waals surface area (Å²) in [7, 11) is 0. The number of aliphatic hydroxyl groups excluding tert-OH is 1. The molecule has 0 saturated heterocycles. The van der Waals surface area contributed by atoms with E-state index in [9.17, 15) is 5.11 Å². The average molecular weight is 140 g/mol. The number of aliphatic hydroxyl groups is 1. The molecule has 0 amide bonds. The number of fused-ring (bicyclic) bond motifs is 2. The van der Waals surface area contributed by atoms with E-state index in [1.54, 1.807) is 0 Å². The van der Waals surface area contributed by atoms with E-state index in [-0.39, 0.29) is 6.10 Å². The first-order chi connectivity index (χ1) is 4.62. The number of rotatable bonds is 0. The van der Waals surface area contributed by atoms with E-state index in [0.717, 1.165) is 18.3 Å². The molecular weight excluding hydrogens is 124 g/mol. The first kappa shape index (κ1) is 6.66. The van der Waals surface area contributed by atoms with E-state index >= 15 is 0 Å². The highest BCUT2D eigenvalue weighted by atomic mass is 16.3. The zero-order valence-corrected chi connectivity index (χ0v) is 6.80. The first-order valence-corrected chi connectivity index (χ1v) is 4.30. The number of hydrogen-bond acceptors (Lipinski definition) is 1. The van der Waals surface area contributed by atoms with Crippen molar-refractivity contribution in [2.24, 2.45) is 17.3 Å². The molecule has 0 aromatic carbocycles. The molecule has 58 valence electrons. The summed E-state index contributed by atoms with van der Waals surface area (Å²) in [5.41, 5.74) is 0.296. The van der Waals surface area contributed by atoms with Gasteiger partial charge in [0.05, 0.1) is 6.10 Å². The lowest BCUT2D eigenvalue weighted by Crippen LogP contribution is -2.28. The summed E-state index contributed by atoms with van der Waals surface area (Å²) in [5, 5.41) is 9.60. The monoisotopic (exact) mass is 140 g/mol. The van der Waals surface area contributed by atoms with Gasteiger partial charge in [-0.3, -0.25) is 0 Å². The predicted octanol–water partition coefficient (Wildman–Crippen LogP) is 1.80. The van der Waals surface area contributed by atoms with Gasteiger partial charge in [0.2, 0.25) is 0 Å². The molecule has 0 aromatic heterocycles. The van der Waals surface area contributed by atoms with Crippen LogP contribution in [0.25, 0.3) is 0 Å². The topological polar surface area (TPSA) is 20.2 Å². The van der Waals surface area contributed by atoms with Gasteiger partial charge in [-0.1, -0.05) is 13.8 Å². The summed E-state index contributed by atoms with van der Waals surface area (Å²) in [6.45, 7) is 4.56. The molecule has 4 atom stereocenters. The van der Waals surface area contributed by atoms with Crippen molar-refractivity contribution in [3.05, 3.63) is 0 Å². The Morgan fingerprint density at radius 3 is 2.40 bits per heavy atom. The van der Waals surface area contributed by atoms with Crippen molar-refractivity contribution in [2.75, 3.05) is 0 Å². The molecule has 0 aliphatic heterocycles. The van der Waals surface area contributed by atoms with E-state index in [1.807, 2.05) is 0 Å². The second kappa shape index (κ2) is 1.76. The third kappa shape index (κ3) is 0.672. The Morgan fingerprint density at radius 2 is 2.10 bits per heavy atom. The summed E-state index contributed by atoms with van der Waals surface area (Å²) >= 11 is 0. The Morgan fingerprint density at radius 1 is 1.40 bits per heavy atom. The van der Waals surface area contributed by atoms with Crippen LogP contribution in [0.5, 0.6) is 0 Å². The van der Waals surface area contributed by atoms with Crippen molar-refractivity contribution in [2.45, 2.75) is 39.2 Å².